The molecule has 212 valence electrons. The number of anilines is 1. The van der Waals surface area contributed by atoms with Crippen LogP contribution in [0.2, 0.25) is 0 Å². The van der Waals surface area contributed by atoms with Gasteiger partial charge in [-0.05, 0) is 69.5 Å². The molecule has 12 heteroatoms. The number of ether oxygens (including phenoxy) is 1. The van der Waals surface area contributed by atoms with Crippen LogP contribution in [-0.2, 0) is 28.4 Å². The van der Waals surface area contributed by atoms with Gasteiger partial charge in [0.1, 0.15) is 11.1 Å². The largest absolute Gasteiger partial charge is 0.444 e. The van der Waals surface area contributed by atoms with E-state index in [-0.39, 0.29) is 44.2 Å². The molecular formula is C27H29F6N3O3. The van der Waals surface area contributed by atoms with E-state index in [4.69, 9.17) is 4.74 Å². The Morgan fingerprint density at radius 3 is 1.92 bits per heavy atom. The van der Waals surface area contributed by atoms with Crippen molar-refractivity contribution in [2.75, 3.05) is 24.7 Å². The molecule has 0 radical (unpaired) electrons. The molecule has 2 aromatic rings. The predicted molar refractivity (Wildman–Crippen MR) is 131 cm³/mol. The predicted octanol–water partition coefficient (Wildman–Crippen LogP) is 6.30. The Morgan fingerprint density at radius 1 is 0.897 bits per heavy atom. The van der Waals surface area contributed by atoms with E-state index in [1.54, 1.807) is 51.1 Å². The van der Waals surface area contributed by atoms with Crippen molar-refractivity contribution in [1.29, 1.82) is 0 Å². The summed E-state index contributed by atoms with van der Waals surface area (Å²) in [6, 6.07) is 10.3. The number of piperidine rings is 1. The first-order valence-electron chi connectivity index (χ1n) is 12.4. The van der Waals surface area contributed by atoms with E-state index in [9.17, 15) is 35.9 Å². The molecule has 2 aliphatic rings. The molecule has 2 amide bonds. The highest BCUT2D eigenvalue weighted by atomic mass is 19.4. The number of para-hydroxylation sites is 1. The fourth-order valence-electron chi connectivity index (χ4n) is 5.04. The van der Waals surface area contributed by atoms with Crippen molar-refractivity contribution in [3.05, 3.63) is 65.2 Å². The fourth-order valence-corrected chi connectivity index (χ4v) is 5.04. The number of nitrogens with zero attached hydrogens (tertiary/aromatic N) is 3. The molecule has 0 unspecified atom stereocenters. The van der Waals surface area contributed by atoms with E-state index in [0.717, 1.165) is 0 Å². The van der Waals surface area contributed by atoms with Gasteiger partial charge < -0.3 is 19.4 Å². The van der Waals surface area contributed by atoms with E-state index < -0.39 is 53.2 Å². The number of likely N-dealkylation sites (tertiary alicyclic amines) is 1. The Labute approximate surface area is 222 Å². The third-order valence-corrected chi connectivity index (χ3v) is 6.85. The number of carbonyl (C=O) groups excluding carboxylic acids is 2. The van der Waals surface area contributed by atoms with Gasteiger partial charge in [-0.2, -0.15) is 26.3 Å². The summed E-state index contributed by atoms with van der Waals surface area (Å²) in [5.74, 6) is -0.416. The van der Waals surface area contributed by atoms with Gasteiger partial charge in [0.25, 0.3) is 0 Å². The third kappa shape index (κ3) is 6.09. The first kappa shape index (κ1) is 28.6. The Bertz CT molecular complexity index is 1180. The van der Waals surface area contributed by atoms with Gasteiger partial charge in [0.05, 0.1) is 17.8 Å². The van der Waals surface area contributed by atoms with Gasteiger partial charge in [0.15, 0.2) is 0 Å². The lowest BCUT2D eigenvalue weighted by Gasteiger charge is -2.43. The number of hydrogen-bond donors (Lipinski definition) is 0. The van der Waals surface area contributed by atoms with Crippen LogP contribution in [0.5, 0.6) is 0 Å². The van der Waals surface area contributed by atoms with E-state index in [2.05, 4.69) is 0 Å². The summed E-state index contributed by atoms with van der Waals surface area (Å²) in [6.45, 7) is 5.14. The Balaban J connectivity index is 1.64. The minimum Gasteiger partial charge on any atom is -0.444 e. The summed E-state index contributed by atoms with van der Waals surface area (Å²) in [7, 11) is 0. The third-order valence-electron chi connectivity index (χ3n) is 6.85. The molecule has 2 heterocycles. The molecule has 6 nitrogen and oxygen atoms in total. The van der Waals surface area contributed by atoms with Gasteiger partial charge in [-0.1, -0.05) is 18.2 Å². The second-order valence-electron chi connectivity index (χ2n) is 10.8. The van der Waals surface area contributed by atoms with Gasteiger partial charge >= 0.3 is 18.4 Å². The number of hydrogen-bond acceptors (Lipinski definition) is 4. The van der Waals surface area contributed by atoms with Crippen LogP contribution >= 0.6 is 0 Å². The number of rotatable bonds is 3. The molecule has 0 aromatic heterocycles. The molecule has 2 aromatic carbocycles. The zero-order valence-corrected chi connectivity index (χ0v) is 21.7. The molecule has 0 aliphatic carbocycles. The molecule has 0 N–H and O–H groups in total. The van der Waals surface area contributed by atoms with Gasteiger partial charge in [-0.3, -0.25) is 4.79 Å². The second kappa shape index (κ2) is 9.95. The monoisotopic (exact) mass is 557 g/mol. The van der Waals surface area contributed by atoms with Gasteiger partial charge in [-0.25, -0.2) is 4.79 Å². The molecule has 0 bridgehead atoms. The SMILES string of the molecule is CC(C)(C)OC(=O)N1CCC2(CC1)C(=O)N(Cc1cc(C(F)(F)F)cc(C(F)(F)F)c1)CN2c1ccccc1. The zero-order valence-electron chi connectivity index (χ0n) is 21.7. The Kier molecular flexibility index (Phi) is 7.28. The lowest BCUT2D eigenvalue weighted by atomic mass is 9.85. The molecular weight excluding hydrogens is 528 g/mol. The Morgan fingerprint density at radius 2 is 1.44 bits per heavy atom. The van der Waals surface area contributed by atoms with Crippen molar-refractivity contribution >= 4 is 17.7 Å². The lowest BCUT2D eigenvalue weighted by Crippen LogP contribution is -2.57. The van der Waals surface area contributed by atoms with Crippen molar-refractivity contribution in [3.63, 3.8) is 0 Å². The van der Waals surface area contributed by atoms with Crippen LogP contribution in [0.3, 0.4) is 0 Å². The maximum Gasteiger partial charge on any atom is 0.416 e. The summed E-state index contributed by atoms with van der Waals surface area (Å²) < 4.78 is 85.8. The van der Waals surface area contributed by atoms with E-state index in [1.165, 1.54) is 9.80 Å². The van der Waals surface area contributed by atoms with Crippen LogP contribution in [0, 0.1) is 0 Å². The number of benzene rings is 2. The van der Waals surface area contributed by atoms with Crippen LogP contribution in [0.1, 0.15) is 50.3 Å². The van der Waals surface area contributed by atoms with Crippen molar-refractivity contribution < 1.29 is 40.7 Å². The standard InChI is InChI=1S/C27H29F6N3O3/c1-24(2,3)39-23(38)34-11-9-25(10-12-34)22(37)35(17-36(25)21-7-5-4-6-8-21)16-18-13-19(26(28,29)30)15-20(14-18)27(31,32)33/h4-8,13-15H,9-12,16-17H2,1-3H3. The van der Waals surface area contributed by atoms with Crippen LogP contribution < -0.4 is 4.90 Å². The molecule has 4 rings (SSSR count). The zero-order chi connectivity index (χ0) is 28.8. The normalized spacial score (nSPS) is 18.2. The quantitative estimate of drug-likeness (QED) is 0.416. The van der Waals surface area contributed by atoms with Crippen LogP contribution in [0.15, 0.2) is 48.5 Å². The summed E-state index contributed by atoms with van der Waals surface area (Å²) >= 11 is 0. The molecule has 2 aliphatic heterocycles. The van der Waals surface area contributed by atoms with Crippen molar-refractivity contribution in [2.24, 2.45) is 0 Å². The van der Waals surface area contributed by atoms with Gasteiger partial charge in [0.2, 0.25) is 5.91 Å². The van der Waals surface area contributed by atoms with E-state index >= 15 is 0 Å². The van der Waals surface area contributed by atoms with E-state index in [1.807, 2.05) is 4.90 Å². The van der Waals surface area contributed by atoms with Crippen molar-refractivity contribution in [2.45, 2.75) is 63.7 Å². The number of alkyl halides is 6. The molecule has 0 saturated carbocycles. The first-order valence-corrected chi connectivity index (χ1v) is 12.4. The maximum absolute atomic E-state index is 13.8. The minimum atomic E-state index is -4.99. The highest BCUT2D eigenvalue weighted by Gasteiger charge is 2.54. The maximum atomic E-state index is 13.8. The van der Waals surface area contributed by atoms with E-state index in [0.29, 0.717) is 17.8 Å². The molecule has 2 fully saturated rings. The molecule has 39 heavy (non-hydrogen) atoms. The average Bonchev–Trinajstić information content (AvgIpc) is 3.09. The summed E-state index contributed by atoms with van der Waals surface area (Å²) in [5.41, 5.74) is -4.28. The van der Waals surface area contributed by atoms with Gasteiger partial charge in [-0.15, -0.1) is 0 Å². The molecule has 1 spiro atoms. The van der Waals surface area contributed by atoms with Crippen LogP contribution in [0.25, 0.3) is 0 Å². The first-order chi connectivity index (χ1) is 18.0. The average molecular weight is 558 g/mol. The second-order valence-corrected chi connectivity index (χ2v) is 10.8. The lowest BCUT2D eigenvalue weighted by molar-refractivity contribution is -0.143. The fraction of sp³-hybridized carbons (Fsp3) is 0.481. The van der Waals surface area contributed by atoms with Gasteiger partial charge in [0, 0.05) is 25.3 Å². The molecule has 2 saturated heterocycles. The number of carbonyl (C=O) groups is 2. The Hall–Kier alpha value is -3.44. The highest BCUT2D eigenvalue weighted by molar-refractivity contribution is 5.93. The topological polar surface area (TPSA) is 53.1 Å². The number of amides is 2. The van der Waals surface area contributed by atoms with Crippen LogP contribution in [0.4, 0.5) is 36.8 Å². The minimum absolute atomic E-state index is 0.0348. The summed E-state index contributed by atoms with van der Waals surface area (Å²) in [5, 5.41) is 0. The summed E-state index contributed by atoms with van der Waals surface area (Å²) in [6.07, 6.45) is -10.1. The number of halogens is 6. The highest BCUT2D eigenvalue weighted by Crippen LogP contribution is 2.41. The smallest absolute Gasteiger partial charge is 0.416 e. The summed E-state index contributed by atoms with van der Waals surface area (Å²) in [4.78, 5) is 31.0. The van der Waals surface area contributed by atoms with Crippen molar-refractivity contribution in [3.8, 4) is 0 Å². The van der Waals surface area contributed by atoms with Crippen molar-refractivity contribution in [1.82, 2.24) is 9.80 Å². The molecule has 0 atom stereocenters. The van der Waals surface area contributed by atoms with Crippen LogP contribution in [-0.4, -0.2) is 52.7 Å².